The molecule has 0 aliphatic carbocycles. The van der Waals surface area contributed by atoms with Gasteiger partial charge in [0.25, 0.3) is 0 Å². The molecule has 0 saturated carbocycles. The van der Waals surface area contributed by atoms with E-state index >= 15 is 0 Å². The molecule has 0 saturated heterocycles. The van der Waals surface area contributed by atoms with E-state index < -0.39 is 0 Å². The van der Waals surface area contributed by atoms with Crippen molar-refractivity contribution in [1.82, 2.24) is 0 Å². The van der Waals surface area contributed by atoms with E-state index in [2.05, 4.69) is 58.0 Å². The maximum Gasteiger partial charge on any atom is 0.188 e. The van der Waals surface area contributed by atoms with Gasteiger partial charge in [0.15, 0.2) is 6.79 Å². The molecule has 0 spiro atoms. The van der Waals surface area contributed by atoms with Crippen LogP contribution in [-0.4, -0.2) is 13.9 Å². The molecule has 0 fully saturated rings. The van der Waals surface area contributed by atoms with Gasteiger partial charge >= 0.3 is 0 Å². The summed E-state index contributed by atoms with van der Waals surface area (Å²) < 4.78 is 17.0. The second-order valence-electron chi connectivity index (χ2n) is 7.78. The lowest BCUT2D eigenvalue weighted by Crippen LogP contribution is -2.15. The highest BCUT2D eigenvalue weighted by Crippen LogP contribution is 2.41. The summed E-state index contributed by atoms with van der Waals surface area (Å²) in [7, 11) is 1.65. The van der Waals surface area contributed by atoms with Crippen LogP contribution < -0.4 is 4.74 Å². The predicted molar refractivity (Wildman–Crippen MR) is 107 cm³/mol. The van der Waals surface area contributed by atoms with Crippen LogP contribution in [0, 0.1) is 6.92 Å². The van der Waals surface area contributed by atoms with Crippen molar-refractivity contribution in [3.05, 3.63) is 53.3 Å². The maximum absolute atomic E-state index is 6.07. The number of benzene rings is 2. The van der Waals surface area contributed by atoms with Crippen molar-refractivity contribution in [1.29, 1.82) is 0 Å². The maximum atomic E-state index is 6.07. The van der Waals surface area contributed by atoms with Gasteiger partial charge in [-0.15, -0.1) is 0 Å². The fraction of sp³-hybridized carbons (Fsp3) is 0.391. The Morgan fingerprint density at radius 1 is 1.04 bits per heavy atom. The summed E-state index contributed by atoms with van der Waals surface area (Å²) in [4.78, 5) is 0. The number of aryl methyl sites for hydroxylation is 2. The summed E-state index contributed by atoms with van der Waals surface area (Å²) in [5.74, 6) is 1.82. The molecular formula is C23H28O3. The average molecular weight is 352 g/mol. The van der Waals surface area contributed by atoms with Crippen LogP contribution in [0.25, 0.3) is 22.1 Å². The summed E-state index contributed by atoms with van der Waals surface area (Å²) in [6.45, 7) is 11.0. The summed E-state index contributed by atoms with van der Waals surface area (Å²) >= 11 is 0. The number of ether oxygens (including phenoxy) is 2. The van der Waals surface area contributed by atoms with Crippen LogP contribution in [0.4, 0.5) is 0 Å². The van der Waals surface area contributed by atoms with E-state index in [4.69, 9.17) is 13.9 Å². The SMILES string of the molecule is CCc1cc(-c2ccc3oc(C)cc3c2)c(OCOC)c(C(C)(C)C)c1. The van der Waals surface area contributed by atoms with E-state index in [1.807, 2.05) is 13.0 Å². The molecule has 26 heavy (non-hydrogen) atoms. The molecule has 0 bridgehead atoms. The van der Waals surface area contributed by atoms with Crippen molar-refractivity contribution in [2.45, 2.75) is 46.5 Å². The fourth-order valence-corrected chi connectivity index (χ4v) is 3.28. The average Bonchev–Trinajstić information content (AvgIpc) is 2.97. The van der Waals surface area contributed by atoms with Gasteiger partial charge in [-0.1, -0.05) is 39.8 Å². The van der Waals surface area contributed by atoms with Gasteiger partial charge in [0, 0.05) is 23.6 Å². The van der Waals surface area contributed by atoms with Crippen LogP contribution >= 0.6 is 0 Å². The minimum Gasteiger partial charge on any atom is -0.467 e. The summed E-state index contributed by atoms with van der Waals surface area (Å²) in [6, 6.07) is 12.9. The van der Waals surface area contributed by atoms with Gasteiger partial charge < -0.3 is 13.9 Å². The van der Waals surface area contributed by atoms with Crippen molar-refractivity contribution in [3.8, 4) is 16.9 Å². The Hall–Kier alpha value is -2.26. The van der Waals surface area contributed by atoms with Crippen LogP contribution in [0.3, 0.4) is 0 Å². The van der Waals surface area contributed by atoms with Crippen LogP contribution in [0.2, 0.25) is 0 Å². The van der Waals surface area contributed by atoms with Gasteiger partial charge in [-0.25, -0.2) is 0 Å². The van der Waals surface area contributed by atoms with Gasteiger partial charge in [0.05, 0.1) is 0 Å². The Kier molecular flexibility index (Phi) is 5.10. The van der Waals surface area contributed by atoms with Crippen LogP contribution in [0.5, 0.6) is 5.75 Å². The van der Waals surface area contributed by atoms with Crippen LogP contribution in [0.15, 0.2) is 40.8 Å². The van der Waals surface area contributed by atoms with E-state index in [0.717, 1.165) is 40.0 Å². The minimum atomic E-state index is -0.0284. The number of methoxy groups -OCH3 is 1. The lowest BCUT2D eigenvalue weighted by Gasteiger charge is -2.26. The van der Waals surface area contributed by atoms with Crippen molar-refractivity contribution >= 4 is 11.0 Å². The second kappa shape index (κ2) is 7.16. The normalized spacial score (nSPS) is 11.9. The van der Waals surface area contributed by atoms with Crippen molar-refractivity contribution in [2.75, 3.05) is 13.9 Å². The van der Waals surface area contributed by atoms with Crippen LogP contribution in [0.1, 0.15) is 44.6 Å². The van der Waals surface area contributed by atoms with Crippen molar-refractivity contribution in [3.63, 3.8) is 0 Å². The van der Waals surface area contributed by atoms with Gasteiger partial charge in [-0.3, -0.25) is 0 Å². The topological polar surface area (TPSA) is 31.6 Å². The molecule has 0 aliphatic rings. The molecule has 3 nitrogen and oxygen atoms in total. The minimum absolute atomic E-state index is 0.0284. The Morgan fingerprint density at radius 2 is 1.81 bits per heavy atom. The first kappa shape index (κ1) is 18.5. The lowest BCUT2D eigenvalue weighted by molar-refractivity contribution is 0.0502. The van der Waals surface area contributed by atoms with E-state index in [1.165, 1.54) is 11.1 Å². The highest BCUT2D eigenvalue weighted by molar-refractivity contribution is 5.86. The van der Waals surface area contributed by atoms with Crippen molar-refractivity contribution < 1.29 is 13.9 Å². The number of hydrogen-bond donors (Lipinski definition) is 0. The highest BCUT2D eigenvalue weighted by Gasteiger charge is 2.23. The first-order chi connectivity index (χ1) is 12.3. The first-order valence-corrected chi connectivity index (χ1v) is 9.13. The molecule has 3 aromatic rings. The molecule has 0 radical (unpaired) electrons. The third-order valence-electron chi connectivity index (χ3n) is 4.64. The molecule has 2 aromatic carbocycles. The molecule has 0 atom stereocenters. The Bertz CT molecular complexity index is 913. The van der Waals surface area contributed by atoms with E-state index in [-0.39, 0.29) is 12.2 Å². The molecular weight excluding hydrogens is 324 g/mol. The molecule has 0 amide bonds. The van der Waals surface area contributed by atoms with Gasteiger partial charge in [-0.2, -0.15) is 0 Å². The zero-order valence-electron chi connectivity index (χ0n) is 16.6. The molecule has 1 aromatic heterocycles. The zero-order valence-corrected chi connectivity index (χ0v) is 16.6. The van der Waals surface area contributed by atoms with Gasteiger partial charge in [0.1, 0.15) is 17.1 Å². The molecule has 1 heterocycles. The smallest absolute Gasteiger partial charge is 0.188 e. The monoisotopic (exact) mass is 352 g/mol. The van der Waals surface area contributed by atoms with E-state index in [9.17, 15) is 0 Å². The van der Waals surface area contributed by atoms with Crippen LogP contribution in [-0.2, 0) is 16.6 Å². The quantitative estimate of drug-likeness (QED) is 0.509. The summed E-state index contributed by atoms with van der Waals surface area (Å²) in [5.41, 5.74) is 5.62. The number of fused-ring (bicyclic) bond motifs is 1. The van der Waals surface area contributed by atoms with Crippen molar-refractivity contribution in [2.24, 2.45) is 0 Å². The van der Waals surface area contributed by atoms with Gasteiger partial charge in [-0.05, 0) is 54.2 Å². The largest absolute Gasteiger partial charge is 0.467 e. The highest BCUT2D eigenvalue weighted by atomic mass is 16.7. The van der Waals surface area contributed by atoms with Gasteiger partial charge in [0.2, 0.25) is 0 Å². The summed E-state index contributed by atoms with van der Waals surface area (Å²) in [6.07, 6.45) is 0.980. The molecule has 3 heteroatoms. The van der Waals surface area contributed by atoms with E-state index in [0.29, 0.717) is 0 Å². The molecule has 0 aliphatic heterocycles. The predicted octanol–water partition coefficient (Wildman–Crippen LogP) is 6.25. The summed E-state index contributed by atoms with van der Waals surface area (Å²) in [5, 5.41) is 1.11. The number of hydrogen-bond acceptors (Lipinski definition) is 3. The molecule has 0 unspecified atom stereocenters. The zero-order chi connectivity index (χ0) is 18.9. The molecule has 3 rings (SSSR count). The molecule has 0 N–H and O–H groups in total. The fourth-order valence-electron chi connectivity index (χ4n) is 3.28. The standard InChI is InChI=1S/C23H28O3/c1-7-16-11-19(17-8-9-21-18(13-17)10-15(2)26-21)22(25-14-24-6)20(12-16)23(3,4)5/h8-13H,7,14H2,1-6H3. The lowest BCUT2D eigenvalue weighted by atomic mass is 9.82. The first-order valence-electron chi connectivity index (χ1n) is 9.13. The number of rotatable bonds is 5. The third-order valence-corrected chi connectivity index (χ3v) is 4.64. The third kappa shape index (κ3) is 3.63. The Morgan fingerprint density at radius 3 is 2.46 bits per heavy atom. The Labute approximate surface area is 155 Å². The Balaban J connectivity index is 2.24. The van der Waals surface area contributed by atoms with E-state index in [1.54, 1.807) is 7.11 Å². The second-order valence-corrected chi connectivity index (χ2v) is 7.78. The molecule has 138 valence electrons. The number of furan rings is 1.